The van der Waals surface area contributed by atoms with Crippen molar-refractivity contribution >= 4 is 0 Å². The van der Waals surface area contributed by atoms with Crippen molar-refractivity contribution < 1.29 is 0 Å². The van der Waals surface area contributed by atoms with Gasteiger partial charge in [0.15, 0.2) is 0 Å². The van der Waals surface area contributed by atoms with Gasteiger partial charge in [0.1, 0.15) is 0 Å². The predicted octanol–water partition coefficient (Wildman–Crippen LogP) is 3.89. The highest BCUT2D eigenvalue weighted by Crippen LogP contribution is 2.02. The van der Waals surface area contributed by atoms with Crippen LogP contribution in [0.5, 0.6) is 0 Å². The highest BCUT2D eigenvalue weighted by Gasteiger charge is 1.86. The Kier molecular flexibility index (Phi) is 9.77. The van der Waals surface area contributed by atoms with Crippen molar-refractivity contribution in [2.75, 3.05) is 0 Å². The van der Waals surface area contributed by atoms with E-state index < -0.39 is 0 Å². The molecule has 0 aliphatic heterocycles. The third kappa shape index (κ3) is 5.09. The van der Waals surface area contributed by atoms with E-state index in [1.54, 1.807) is 0 Å². The average Bonchev–Trinajstić information content (AvgIpc) is 2.21. The molecule has 1 aromatic carbocycles. The summed E-state index contributed by atoms with van der Waals surface area (Å²) in [5.74, 6) is 2.58. The lowest BCUT2D eigenvalue weighted by molar-refractivity contribution is 1.14. The SMILES string of the molecule is C.C#Cc1ccc(CC)cc1.CC. The Morgan fingerprint density at radius 1 is 1.15 bits per heavy atom. The van der Waals surface area contributed by atoms with E-state index in [2.05, 4.69) is 25.0 Å². The van der Waals surface area contributed by atoms with Crippen LogP contribution in [0, 0.1) is 12.3 Å². The predicted molar refractivity (Wildman–Crippen MR) is 61.8 cm³/mol. The number of hydrogen-bond acceptors (Lipinski definition) is 0. The highest BCUT2D eigenvalue weighted by atomic mass is 13.9. The van der Waals surface area contributed by atoms with Crippen LogP contribution in [0.15, 0.2) is 24.3 Å². The summed E-state index contributed by atoms with van der Waals surface area (Å²) in [4.78, 5) is 0. The summed E-state index contributed by atoms with van der Waals surface area (Å²) in [5.41, 5.74) is 2.29. The number of aryl methyl sites for hydroxylation is 1. The van der Waals surface area contributed by atoms with Gasteiger partial charge in [-0.1, -0.05) is 46.3 Å². The Labute approximate surface area is 83.0 Å². The first-order valence-electron chi connectivity index (χ1n) is 4.42. The normalized spacial score (nSPS) is 7.23. The Morgan fingerprint density at radius 3 is 1.92 bits per heavy atom. The van der Waals surface area contributed by atoms with E-state index in [9.17, 15) is 0 Å². The monoisotopic (exact) mass is 176 g/mol. The van der Waals surface area contributed by atoms with Crippen LogP contribution in [0.25, 0.3) is 0 Å². The lowest BCUT2D eigenvalue weighted by Crippen LogP contribution is -1.78. The van der Waals surface area contributed by atoms with Gasteiger partial charge < -0.3 is 0 Å². The number of hydrogen-bond donors (Lipinski definition) is 0. The number of rotatable bonds is 1. The van der Waals surface area contributed by atoms with Gasteiger partial charge in [-0.15, -0.1) is 6.42 Å². The number of terminal acetylenes is 1. The first-order valence-corrected chi connectivity index (χ1v) is 4.42. The molecule has 1 aromatic rings. The Balaban J connectivity index is 0. The van der Waals surface area contributed by atoms with Gasteiger partial charge in [-0.2, -0.15) is 0 Å². The molecule has 0 unspecified atom stereocenters. The van der Waals surface area contributed by atoms with E-state index >= 15 is 0 Å². The van der Waals surface area contributed by atoms with Crippen molar-refractivity contribution in [3.8, 4) is 12.3 Å². The van der Waals surface area contributed by atoms with Crippen LogP contribution in [0.4, 0.5) is 0 Å². The average molecular weight is 176 g/mol. The van der Waals surface area contributed by atoms with Gasteiger partial charge in [0.05, 0.1) is 0 Å². The van der Waals surface area contributed by atoms with E-state index in [1.165, 1.54) is 5.56 Å². The first-order chi connectivity index (χ1) is 5.86. The molecule has 0 aromatic heterocycles. The van der Waals surface area contributed by atoms with Crippen molar-refractivity contribution in [3.05, 3.63) is 35.4 Å². The summed E-state index contributed by atoms with van der Waals surface area (Å²) in [7, 11) is 0. The van der Waals surface area contributed by atoms with Gasteiger partial charge >= 0.3 is 0 Å². The molecule has 0 aliphatic rings. The third-order valence-corrected chi connectivity index (χ3v) is 1.53. The van der Waals surface area contributed by atoms with Gasteiger partial charge in [-0.25, -0.2) is 0 Å². The van der Waals surface area contributed by atoms with Gasteiger partial charge in [0.25, 0.3) is 0 Å². The van der Waals surface area contributed by atoms with Crippen LogP contribution in [-0.2, 0) is 6.42 Å². The summed E-state index contributed by atoms with van der Waals surface area (Å²) >= 11 is 0. The minimum Gasteiger partial charge on any atom is -0.115 e. The van der Waals surface area contributed by atoms with Crippen LogP contribution in [0.3, 0.4) is 0 Å². The molecule has 0 nitrogen and oxygen atoms in total. The van der Waals surface area contributed by atoms with Gasteiger partial charge in [-0.3, -0.25) is 0 Å². The molecule has 0 atom stereocenters. The van der Waals surface area contributed by atoms with E-state index in [0.29, 0.717) is 0 Å². The minimum atomic E-state index is 0. The molecule has 0 saturated carbocycles. The van der Waals surface area contributed by atoms with Gasteiger partial charge in [0.2, 0.25) is 0 Å². The van der Waals surface area contributed by atoms with Crippen molar-refractivity contribution in [3.63, 3.8) is 0 Å². The molecule has 0 saturated heterocycles. The van der Waals surface area contributed by atoms with Crippen molar-refractivity contribution in [2.24, 2.45) is 0 Å². The van der Waals surface area contributed by atoms with Crippen molar-refractivity contribution in [2.45, 2.75) is 34.6 Å². The standard InChI is InChI=1S/C10H10.C2H6.CH4/c1-3-9-5-7-10(4-2)8-6-9;1-2;/h1,5-8H,4H2,2H3;1-2H3;1H4. The molecule has 0 fully saturated rings. The van der Waals surface area contributed by atoms with Crippen LogP contribution in [0.2, 0.25) is 0 Å². The molecule has 0 bridgehead atoms. The van der Waals surface area contributed by atoms with Crippen LogP contribution < -0.4 is 0 Å². The fraction of sp³-hybridized carbons (Fsp3) is 0.385. The van der Waals surface area contributed by atoms with Gasteiger partial charge in [0, 0.05) is 5.56 Å². The van der Waals surface area contributed by atoms with Crippen molar-refractivity contribution in [1.82, 2.24) is 0 Å². The van der Waals surface area contributed by atoms with E-state index in [-0.39, 0.29) is 7.43 Å². The molecule has 13 heavy (non-hydrogen) atoms. The summed E-state index contributed by atoms with van der Waals surface area (Å²) in [6.45, 7) is 6.13. The Bertz CT molecular complexity index is 236. The van der Waals surface area contributed by atoms with Crippen LogP contribution in [0.1, 0.15) is 39.3 Å². The number of benzene rings is 1. The van der Waals surface area contributed by atoms with Crippen molar-refractivity contribution in [1.29, 1.82) is 0 Å². The zero-order valence-electron chi connectivity index (χ0n) is 8.09. The molecule has 0 N–H and O–H groups in total. The molecule has 0 spiro atoms. The second kappa shape index (κ2) is 8.87. The topological polar surface area (TPSA) is 0 Å². The maximum Gasteiger partial charge on any atom is 0.0242 e. The highest BCUT2D eigenvalue weighted by molar-refractivity contribution is 5.34. The molecule has 72 valence electrons. The largest absolute Gasteiger partial charge is 0.115 e. The summed E-state index contributed by atoms with van der Waals surface area (Å²) < 4.78 is 0. The molecule has 0 heteroatoms. The molecule has 0 radical (unpaired) electrons. The Morgan fingerprint density at radius 2 is 1.62 bits per heavy atom. The first kappa shape index (κ1) is 14.3. The second-order valence-electron chi connectivity index (χ2n) is 2.19. The Hall–Kier alpha value is -1.22. The maximum absolute atomic E-state index is 5.19. The van der Waals surface area contributed by atoms with Crippen LogP contribution in [-0.4, -0.2) is 0 Å². The van der Waals surface area contributed by atoms with Gasteiger partial charge in [-0.05, 0) is 24.1 Å². The molecule has 0 amide bonds. The zero-order valence-corrected chi connectivity index (χ0v) is 8.09. The fourth-order valence-corrected chi connectivity index (χ4v) is 0.837. The smallest absolute Gasteiger partial charge is 0.0242 e. The van der Waals surface area contributed by atoms with E-state index in [4.69, 9.17) is 6.42 Å². The zero-order chi connectivity index (χ0) is 9.40. The summed E-state index contributed by atoms with van der Waals surface area (Å²) in [5, 5.41) is 0. The van der Waals surface area contributed by atoms with E-state index in [0.717, 1.165) is 12.0 Å². The lowest BCUT2D eigenvalue weighted by atomic mass is 10.1. The fourth-order valence-electron chi connectivity index (χ4n) is 0.837. The second-order valence-corrected chi connectivity index (χ2v) is 2.19. The molecular formula is C13H20. The lowest BCUT2D eigenvalue weighted by Gasteiger charge is -1.94. The summed E-state index contributed by atoms with van der Waals surface area (Å²) in [6.07, 6.45) is 6.27. The molecule has 0 heterocycles. The quantitative estimate of drug-likeness (QED) is 0.569. The molecule has 1 rings (SSSR count). The van der Waals surface area contributed by atoms with Crippen LogP contribution >= 0.6 is 0 Å². The molecule has 0 aliphatic carbocycles. The van der Waals surface area contributed by atoms with E-state index in [1.807, 2.05) is 26.0 Å². The molecular weight excluding hydrogens is 156 g/mol. The third-order valence-electron chi connectivity index (χ3n) is 1.53. The summed E-state index contributed by atoms with van der Waals surface area (Å²) in [6, 6.07) is 8.07. The minimum absolute atomic E-state index is 0. The maximum atomic E-state index is 5.19.